The summed E-state index contributed by atoms with van der Waals surface area (Å²) >= 11 is 0. The molecule has 0 N–H and O–H groups in total. The van der Waals surface area contributed by atoms with Gasteiger partial charge in [-0.15, -0.1) is 0 Å². The van der Waals surface area contributed by atoms with Crippen molar-refractivity contribution in [2.24, 2.45) is 0 Å². The quantitative estimate of drug-likeness (QED) is 0.604. The van der Waals surface area contributed by atoms with Crippen LogP contribution in [0.2, 0.25) is 22.3 Å². The van der Waals surface area contributed by atoms with Gasteiger partial charge in [-0.05, 0) is 20.3 Å². The molecule has 0 saturated heterocycles. The first-order valence-electron chi connectivity index (χ1n) is 5.62. The van der Waals surface area contributed by atoms with Gasteiger partial charge in [-0.25, -0.2) is 0 Å². The molecule has 0 radical (unpaired) electrons. The fraction of sp³-hybridized carbons (Fsp3) is 1.00. The van der Waals surface area contributed by atoms with Crippen molar-refractivity contribution >= 4 is 29.3 Å². The minimum absolute atomic E-state index is 0.0880. The Morgan fingerprint density at radius 3 is 1.15 bits per heavy atom. The van der Waals surface area contributed by atoms with Gasteiger partial charge in [0, 0.05) is 19.0 Å². The van der Waals surface area contributed by atoms with Crippen LogP contribution in [0.4, 0.5) is 0 Å². The van der Waals surface area contributed by atoms with Gasteiger partial charge in [0.05, 0.1) is 0 Å². The van der Waals surface area contributed by atoms with Crippen LogP contribution < -0.4 is 0 Å². The lowest BCUT2D eigenvalue weighted by Crippen LogP contribution is -2.18. The van der Waals surface area contributed by atoms with E-state index >= 15 is 0 Å². The lowest BCUT2D eigenvalue weighted by atomic mass is 10.2. The summed E-state index contributed by atoms with van der Waals surface area (Å²) < 4.78 is 0. The maximum absolute atomic E-state index is 2.35. The van der Waals surface area contributed by atoms with Gasteiger partial charge >= 0.3 is 0 Å². The van der Waals surface area contributed by atoms with E-state index in [-0.39, 0.29) is 9.52 Å². The van der Waals surface area contributed by atoms with Gasteiger partial charge in [-0.3, -0.25) is 0 Å². The second kappa shape index (κ2) is 7.01. The van der Waals surface area contributed by atoms with Crippen molar-refractivity contribution in [2.75, 3.05) is 0 Å². The molecule has 0 spiro atoms. The molecule has 0 aliphatic rings. The third-order valence-corrected chi connectivity index (χ3v) is 7.68. The molecule has 0 aliphatic heterocycles. The average molecular weight is 235 g/mol. The molecule has 3 heteroatoms. The average Bonchev–Trinajstić information content (AvgIpc) is 1.80. The van der Waals surface area contributed by atoms with E-state index in [1.807, 2.05) is 0 Å². The first-order chi connectivity index (χ1) is 5.62. The van der Waals surface area contributed by atoms with Gasteiger partial charge < -0.3 is 0 Å². The van der Waals surface area contributed by atoms with E-state index in [9.17, 15) is 0 Å². The van der Waals surface area contributed by atoms with Crippen molar-refractivity contribution in [2.45, 2.75) is 63.8 Å². The molecule has 0 aromatic carbocycles. The van der Waals surface area contributed by atoms with E-state index in [2.05, 4.69) is 48.1 Å². The van der Waals surface area contributed by atoms with Crippen molar-refractivity contribution in [1.29, 1.82) is 0 Å². The third-order valence-electron chi connectivity index (χ3n) is 1.56. The minimum Gasteiger partial charge on any atom is -0.0751 e. The SMILES string of the molecule is CC(C)(C)[SiH2]C(C)(C)C.C[SiH2]C[SiH3]. The van der Waals surface area contributed by atoms with E-state index < -0.39 is 0 Å². The Morgan fingerprint density at radius 1 is 0.923 bits per heavy atom. The van der Waals surface area contributed by atoms with Crippen molar-refractivity contribution in [1.82, 2.24) is 0 Å². The van der Waals surface area contributed by atoms with Crippen LogP contribution in [0, 0.1) is 0 Å². The van der Waals surface area contributed by atoms with E-state index in [4.69, 9.17) is 0 Å². The van der Waals surface area contributed by atoms with Crippen LogP contribution in [0.25, 0.3) is 0 Å². The minimum atomic E-state index is 0.0880. The van der Waals surface area contributed by atoms with Crippen LogP contribution >= 0.6 is 0 Å². The lowest BCUT2D eigenvalue weighted by Gasteiger charge is -2.27. The second-order valence-electron chi connectivity index (χ2n) is 6.30. The molecule has 0 fully saturated rings. The zero-order valence-electron chi connectivity index (χ0n) is 11.1. The van der Waals surface area contributed by atoms with E-state index in [0.717, 1.165) is 0 Å². The summed E-state index contributed by atoms with van der Waals surface area (Å²) in [5, 5.41) is 1.25. The van der Waals surface area contributed by atoms with Crippen LogP contribution in [0.15, 0.2) is 0 Å². The summed E-state index contributed by atoms with van der Waals surface area (Å²) in [6.07, 6.45) is 0. The van der Waals surface area contributed by atoms with Crippen molar-refractivity contribution in [3.63, 3.8) is 0 Å². The molecule has 0 nitrogen and oxygen atoms in total. The Balaban J connectivity index is 0. The van der Waals surface area contributed by atoms with Crippen LogP contribution in [0.1, 0.15) is 41.5 Å². The predicted octanol–water partition coefficient (Wildman–Crippen LogP) is 1.54. The Bertz CT molecular complexity index is 94.3. The summed E-state index contributed by atoms with van der Waals surface area (Å²) in [6.45, 7) is 16.5. The molecule has 0 heterocycles. The molecule has 0 bridgehead atoms. The summed E-state index contributed by atoms with van der Waals surface area (Å²) in [5.74, 6) is 0. The molecule has 0 aromatic rings. The molecule has 0 amide bonds. The highest BCUT2D eigenvalue weighted by Crippen LogP contribution is 2.33. The smallest absolute Gasteiger partial charge is 0.0320 e. The van der Waals surface area contributed by atoms with Gasteiger partial charge in [-0.1, -0.05) is 53.8 Å². The topological polar surface area (TPSA) is 0 Å². The van der Waals surface area contributed by atoms with Crippen LogP contribution in [0.5, 0.6) is 0 Å². The normalized spacial score (nSPS) is 13.2. The lowest BCUT2D eigenvalue weighted by molar-refractivity contribution is 0.668. The highest BCUT2D eigenvalue weighted by Gasteiger charge is 2.20. The zero-order chi connectivity index (χ0) is 11.1. The molecule has 82 valence electrons. The number of hydrogen-bond donors (Lipinski definition) is 0. The summed E-state index contributed by atoms with van der Waals surface area (Å²) in [6, 6.07) is 0. The molecule has 0 aliphatic carbocycles. The fourth-order valence-corrected chi connectivity index (χ4v) is 4.77. The van der Waals surface area contributed by atoms with Crippen molar-refractivity contribution in [3.05, 3.63) is 0 Å². The van der Waals surface area contributed by atoms with Crippen molar-refractivity contribution in [3.8, 4) is 0 Å². The molecule has 0 rings (SSSR count). The Morgan fingerprint density at radius 2 is 1.15 bits per heavy atom. The largest absolute Gasteiger partial charge is 0.0751 e. The maximum Gasteiger partial charge on any atom is 0.0320 e. The third kappa shape index (κ3) is 24.5. The predicted molar refractivity (Wildman–Crippen MR) is 77.1 cm³/mol. The Hall–Kier alpha value is 0.651. The Labute approximate surface area is 93.3 Å². The molecule has 0 saturated carbocycles. The summed E-state index contributed by atoms with van der Waals surface area (Å²) in [7, 11) is 2.03. The van der Waals surface area contributed by atoms with Crippen LogP contribution in [-0.2, 0) is 0 Å². The highest BCUT2D eigenvalue weighted by molar-refractivity contribution is 6.45. The first-order valence-corrected chi connectivity index (χ1v) is 10.9. The molecule has 0 aromatic heterocycles. The molecular weight excluding hydrogens is 204 g/mol. The van der Waals surface area contributed by atoms with E-state index in [0.29, 0.717) is 19.6 Å². The molecule has 0 atom stereocenters. The van der Waals surface area contributed by atoms with Gasteiger partial charge in [0.25, 0.3) is 0 Å². The van der Waals surface area contributed by atoms with Gasteiger partial charge in [0.15, 0.2) is 0 Å². The maximum atomic E-state index is 2.35. The monoisotopic (exact) mass is 234 g/mol. The van der Waals surface area contributed by atoms with Crippen LogP contribution in [0.3, 0.4) is 0 Å². The van der Waals surface area contributed by atoms with Crippen molar-refractivity contribution < 1.29 is 0 Å². The fourth-order valence-electron chi connectivity index (χ4n) is 1.59. The summed E-state index contributed by atoms with van der Waals surface area (Å²) in [5.41, 5.74) is 1.60. The molecular formula is C10H30Si3. The van der Waals surface area contributed by atoms with Gasteiger partial charge in [0.2, 0.25) is 0 Å². The first kappa shape index (κ1) is 16.1. The molecule has 0 unspecified atom stereocenters. The highest BCUT2D eigenvalue weighted by atomic mass is 28.2. The molecule has 13 heavy (non-hydrogen) atoms. The van der Waals surface area contributed by atoms with E-state index in [1.165, 1.54) is 10.2 Å². The standard InChI is InChI=1S/C8H20Si.C2H10Si2/c1-7(2,3)9-8(4,5)6;1-4-2-3/h9H2,1-6H3;2,4H2,1,3H3. The van der Waals surface area contributed by atoms with Gasteiger partial charge in [-0.2, -0.15) is 0 Å². The number of rotatable bonds is 1. The summed E-state index contributed by atoms with van der Waals surface area (Å²) in [4.78, 5) is 0. The van der Waals surface area contributed by atoms with E-state index in [1.54, 1.807) is 5.67 Å². The zero-order valence-corrected chi connectivity index (χ0v) is 15.9. The Kier molecular flexibility index (Phi) is 8.68. The number of hydrogen-bond acceptors (Lipinski definition) is 0. The second-order valence-corrected chi connectivity index (χ2v) is 15.9. The van der Waals surface area contributed by atoms with Crippen LogP contribution in [-0.4, -0.2) is 29.3 Å². The van der Waals surface area contributed by atoms with Gasteiger partial charge in [0.1, 0.15) is 0 Å².